The zero-order valence-corrected chi connectivity index (χ0v) is 12.4. The highest BCUT2D eigenvalue weighted by atomic mass is 35.5. The van der Waals surface area contributed by atoms with Crippen LogP contribution in [0.25, 0.3) is 0 Å². The van der Waals surface area contributed by atoms with Crippen molar-refractivity contribution < 1.29 is 9.21 Å². The van der Waals surface area contributed by atoms with E-state index in [0.717, 1.165) is 16.9 Å². The van der Waals surface area contributed by atoms with Gasteiger partial charge in [0, 0.05) is 22.5 Å². The zero-order valence-electron chi connectivity index (χ0n) is 10.9. The van der Waals surface area contributed by atoms with Gasteiger partial charge in [-0.25, -0.2) is 4.98 Å². The topological polar surface area (TPSA) is 55.1 Å². The number of thiazole rings is 1. The summed E-state index contributed by atoms with van der Waals surface area (Å²) < 4.78 is 4.88. The van der Waals surface area contributed by atoms with Gasteiger partial charge in [-0.05, 0) is 23.8 Å². The SMILES string of the molecule is O=C(Nc1ncc(Cc2cccc(Cl)c2)s1)c1ccoc1. The third-order valence-corrected chi connectivity index (χ3v) is 3.97. The molecule has 4 nitrogen and oxygen atoms in total. The fourth-order valence-corrected chi connectivity index (χ4v) is 2.91. The second kappa shape index (κ2) is 6.11. The van der Waals surface area contributed by atoms with Crippen molar-refractivity contribution in [2.75, 3.05) is 5.32 Å². The van der Waals surface area contributed by atoms with Crippen LogP contribution in [0.5, 0.6) is 0 Å². The van der Waals surface area contributed by atoms with Crippen LogP contribution in [-0.2, 0) is 6.42 Å². The van der Waals surface area contributed by atoms with Crippen LogP contribution in [0.15, 0.2) is 53.5 Å². The van der Waals surface area contributed by atoms with E-state index in [9.17, 15) is 4.79 Å². The first-order chi connectivity index (χ1) is 10.2. The molecule has 2 heterocycles. The van der Waals surface area contributed by atoms with Crippen molar-refractivity contribution in [1.82, 2.24) is 4.98 Å². The van der Waals surface area contributed by atoms with E-state index < -0.39 is 0 Å². The minimum absolute atomic E-state index is 0.229. The fraction of sp³-hybridized carbons (Fsp3) is 0.0667. The molecule has 0 aliphatic carbocycles. The Morgan fingerprint density at radius 2 is 2.29 bits per heavy atom. The van der Waals surface area contributed by atoms with Crippen LogP contribution in [0, 0.1) is 0 Å². The molecule has 2 aromatic heterocycles. The molecule has 1 amide bonds. The lowest BCUT2D eigenvalue weighted by molar-refractivity contribution is 0.102. The number of rotatable bonds is 4. The lowest BCUT2D eigenvalue weighted by Crippen LogP contribution is -2.10. The van der Waals surface area contributed by atoms with Gasteiger partial charge in [-0.2, -0.15) is 0 Å². The minimum atomic E-state index is -0.229. The Morgan fingerprint density at radius 3 is 3.05 bits per heavy atom. The molecule has 106 valence electrons. The second-order valence-electron chi connectivity index (χ2n) is 4.40. The van der Waals surface area contributed by atoms with Gasteiger partial charge in [0.05, 0.1) is 11.8 Å². The maximum absolute atomic E-state index is 11.9. The Hall–Kier alpha value is -2.11. The Kier molecular flexibility index (Phi) is 4.03. The Balaban J connectivity index is 1.68. The third kappa shape index (κ3) is 3.51. The maximum Gasteiger partial charge on any atom is 0.260 e. The van der Waals surface area contributed by atoms with E-state index >= 15 is 0 Å². The first-order valence-electron chi connectivity index (χ1n) is 6.23. The van der Waals surface area contributed by atoms with Crippen LogP contribution >= 0.6 is 22.9 Å². The molecule has 1 N–H and O–H groups in total. The summed E-state index contributed by atoms with van der Waals surface area (Å²) in [5.41, 5.74) is 1.58. The van der Waals surface area contributed by atoms with E-state index in [4.69, 9.17) is 16.0 Å². The molecule has 0 radical (unpaired) electrons. The summed E-state index contributed by atoms with van der Waals surface area (Å²) in [6.07, 6.45) is 5.35. The number of amides is 1. The number of halogens is 1. The number of furan rings is 1. The van der Waals surface area contributed by atoms with Crippen molar-refractivity contribution in [3.05, 3.63) is 70.1 Å². The van der Waals surface area contributed by atoms with Crippen LogP contribution in [0.3, 0.4) is 0 Å². The van der Waals surface area contributed by atoms with E-state index in [2.05, 4.69) is 10.3 Å². The standard InChI is InChI=1S/C15H11ClN2O2S/c16-12-3-1-2-10(6-12)7-13-8-17-15(21-13)18-14(19)11-4-5-20-9-11/h1-6,8-9H,7H2,(H,17,18,19). The van der Waals surface area contributed by atoms with Gasteiger partial charge in [0.2, 0.25) is 0 Å². The van der Waals surface area contributed by atoms with Crippen molar-refractivity contribution in [3.8, 4) is 0 Å². The van der Waals surface area contributed by atoms with E-state index in [1.165, 1.54) is 23.9 Å². The number of carbonyl (C=O) groups excluding carboxylic acids is 1. The summed E-state index contributed by atoms with van der Waals surface area (Å²) in [5, 5.41) is 4.03. The van der Waals surface area contributed by atoms with Gasteiger partial charge in [0.1, 0.15) is 6.26 Å². The number of hydrogen-bond donors (Lipinski definition) is 1. The van der Waals surface area contributed by atoms with Crippen LogP contribution in [0.2, 0.25) is 5.02 Å². The average Bonchev–Trinajstić information content (AvgIpc) is 3.10. The summed E-state index contributed by atoms with van der Waals surface area (Å²) in [4.78, 5) is 17.1. The molecule has 3 aromatic rings. The van der Waals surface area contributed by atoms with E-state index in [-0.39, 0.29) is 5.91 Å². The number of nitrogens with zero attached hydrogens (tertiary/aromatic N) is 1. The molecule has 1 aromatic carbocycles. The molecule has 0 bridgehead atoms. The predicted molar refractivity (Wildman–Crippen MR) is 83.0 cm³/mol. The number of hydrogen-bond acceptors (Lipinski definition) is 4. The van der Waals surface area contributed by atoms with Gasteiger partial charge >= 0.3 is 0 Å². The lowest BCUT2D eigenvalue weighted by Gasteiger charge is -1.99. The summed E-state index contributed by atoms with van der Waals surface area (Å²) in [6, 6.07) is 9.30. The molecule has 0 spiro atoms. The number of nitrogens with one attached hydrogen (secondary N) is 1. The van der Waals surface area contributed by atoms with Crippen molar-refractivity contribution in [1.29, 1.82) is 0 Å². The lowest BCUT2D eigenvalue weighted by atomic mass is 10.1. The summed E-state index contributed by atoms with van der Waals surface area (Å²) >= 11 is 7.41. The molecule has 3 rings (SSSR count). The van der Waals surface area contributed by atoms with Crippen LogP contribution in [0.4, 0.5) is 5.13 Å². The van der Waals surface area contributed by atoms with Gasteiger partial charge < -0.3 is 4.42 Å². The summed E-state index contributed by atoms with van der Waals surface area (Å²) in [6.45, 7) is 0. The van der Waals surface area contributed by atoms with Crippen LogP contribution in [-0.4, -0.2) is 10.9 Å². The smallest absolute Gasteiger partial charge is 0.260 e. The van der Waals surface area contributed by atoms with Gasteiger partial charge in [-0.1, -0.05) is 23.7 Å². The Labute approximate surface area is 130 Å². The first kappa shape index (κ1) is 13.9. The van der Waals surface area contributed by atoms with Crippen molar-refractivity contribution in [2.45, 2.75) is 6.42 Å². The van der Waals surface area contributed by atoms with Crippen LogP contribution in [0.1, 0.15) is 20.8 Å². The van der Waals surface area contributed by atoms with Crippen molar-refractivity contribution >= 4 is 34.0 Å². The maximum atomic E-state index is 11.9. The number of aromatic nitrogens is 1. The molecule has 0 aliphatic rings. The van der Waals surface area contributed by atoms with Gasteiger partial charge in [0.25, 0.3) is 5.91 Å². The van der Waals surface area contributed by atoms with Gasteiger partial charge in [-0.3, -0.25) is 10.1 Å². The minimum Gasteiger partial charge on any atom is -0.472 e. The summed E-state index contributed by atoms with van der Waals surface area (Å²) in [5.74, 6) is -0.229. The van der Waals surface area contributed by atoms with E-state index in [0.29, 0.717) is 15.7 Å². The zero-order chi connectivity index (χ0) is 14.7. The molecule has 6 heteroatoms. The molecular weight excluding hydrogens is 308 g/mol. The third-order valence-electron chi connectivity index (χ3n) is 2.82. The average molecular weight is 319 g/mol. The fourth-order valence-electron chi connectivity index (χ4n) is 1.86. The predicted octanol–water partition coefficient (Wildman–Crippen LogP) is 4.23. The number of benzene rings is 1. The number of anilines is 1. The number of carbonyl (C=O) groups is 1. The normalized spacial score (nSPS) is 10.5. The molecule has 0 fully saturated rings. The molecule has 21 heavy (non-hydrogen) atoms. The largest absolute Gasteiger partial charge is 0.472 e. The molecule has 0 saturated heterocycles. The van der Waals surface area contributed by atoms with E-state index in [1.807, 2.05) is 24.3 Å². The first-order valence-corrected chi connectivity index (χ1v) is 7.43. The van der Waals surface area contributed by atoms with E-state index in [1.54, 1.807) is 12.3 Å². The summed E-state index contributed by atoms with van der Waals surface area (Å²) in [7, 11) is 0. The van der Waals surface area contributed by atoms with Crippen molar-refractivity contribution in [2.24, 2.45) is 0 Å². The van der Waals surface area contributed by atoms with Gasteiger partial charge in [-0.15, -0.1) is 11.3 Å². The molecular formula is C15H11ClN2O2S. The van der Waals surface area contributed by atoms with Gasteiger partial charge in [0.15, 0.2) is 5.13 Å². The Morgan fingerprint density at radius 1 is 1.38 bits per heavy atom. The second-order valence-corrected chi connectivity index (χ2v) is 5.96. The highest BCUT2D eigenvalue weighted by Gasteiger charge is 2.10. The van der Waals surface area contributed by atoms with Crippen LogP contribution < -0.4 is 5.32 Å². The highest BCUT2D eigenvalue weighted by molar-refractivity contribution is 7.15. The molecule has 0 atom stereocenters. The quantitative estimate of drug-likeness (QED) is 0.783. The molecule has 0 aliphatic heterocycles. The monoisotopic (exact) mass is 318 g/mol. The molecule has 0 saturated carbocycles. The molecule has 0 unspecified atom stereocenters. The highest BCUT2D eigenvalue weighted by Crippen LogP contribution is 2.23. The van der Waals surface area contributed by atoms with Crippen molar-refractivity contribution in [3.63, 3.8) is 0 Å². The Bertz CT molecular complexity index is 753.